The van der Waals surface area contributed by atoms with Crippen LogP contribution in [0.5, 0.6) is 5.75 Å². The van der Waals surface area contributed by atoms with Crippen LogP contribution in [0.4, 0.5) is 0 Å². The second kappa shape index (κ2) is 7.69. The number of ether oxygens (including phenoxy) is 2. The Kier molecular flexibility index (Phi) is 6.00. The van der Waals surface area contributed by atoms with Gasteiger partial charge >= 0.3 is 0 Å². The zero-order valence-corrected chi connectivity index (χ0v) is 9.40. The zero-order chi connectivity index (χ0) is 11.6. The van der Waals surface area contributed by atoms with Crippen LogP contribution in [0.1, 0.15) is 5.56 Å². The van der Waals surface area contributed by atoms with Crippen LogP contribution in [0.2, 0.25) is 0 Å². The lowest BCUT2D eigenvalue weighted by molar-refractivity contribution is 0.199. The molecule has 4 nitrogen and oxygen atoms in total. The lowest BCUT2D eigenvalue weighted by Gasteiger charge is -2.05. The number of hydrogen-bond donors (Lipinski definition) is 1. The van der Waals surface area contributed by atoms with Crippen molar-refractivity contribution in [2.45, 2.75) is 6.54 Å². The third-order valence-corrected chi connectivity index (χ3v) is 2.04. The number of methoxy groups -OCH3 is 1. The van der Waals surface area contributed by atoms with Crippen molar-refractivity contribution in [3.63, 3.8) is 0 Å². The molecule has 0 aliphatic heterocycles. The molecule has 1 aromatic rings. The third kappa shape index (κ3) is 4.78. The number of hydrogen-bond acceptors (Lipinski definition) is 4. The standard InChI is InChI=1S/C12H16N2O2/c1-15-9-7-14-10-11-2-4-12(5-3-11)16-8-6-13/h2-5,14H,7-10H2,1H3. The predicted octanol–water partition coefficient (Wildman–Crippen LogP) is 1.32. The van der Waals surface area contributed by atoms with Gasteiger partial charge in [0.15, 0.2) is 6.61 Å². The van der Waals surface area contributed by atoms with Crippen molar-refractivity contribution in [3.8, 4) is 11.8 Å². The van der Waals surface area contributed by atoms with Crippen molar-refractivity contribution in [2.75, 3.05) is 26.9 Å². The highest BCUT2D eigenvalue weighted by atomic mass is 16.5. The fourth-order valence-corrected chi connectivity index (χ4v) is 1.23. The van der Waals surface area contributed by atoms with Crippen LogP contribution in [0, 0.1) is 11.3 Å². The van der Waals surface area contributed by atoms with Gasteiger partial charge < -0.3 is 14.8 Å². The molecule has 0 saturated heterocycles. The molecule has 0 fully saturated rings. The van der Waals surface area contributed by atoms with Gasteiger partial charge in [0, 0.05) is 20.2 Å². The molecule has 0 aliphatic rings. The van der Waals surface area contributed by atoms with Crippen LogP contribution in [0.3, 0.4) is 0 Å². The zero-order valence-electron chi connectivity index (χ0n) is 9.40. The summed E-state index contributed by atoms with van der Waals surface area (Å²) < 4.78 is 10.1. The Morgan fingerprint density at radius 2 is 2.06 bits per heavy atom. The lowest BCUT2D eigenvalue weighted by atomic mass is 10.2. The third-order valence-electron chi connectivity index (χ3n) is 2.04. The molecule has 16 heavy (non-hydrogen) atoms. The van der Waals surface area contributed by atoms with E-state index in [1.807, 2.05) is 30.3 Å². The van der Waals surface area contributed by atoms with E-state index in [-0.39, 0.29) is 6.61 Å². The molecule has 0 aliphatic carbocycles. The molecule has 0 heterocycles. The summed E-state index contributed by atoms with van der Waals surface area (Å²) in [6.45, 7) is 2.44. The first kappa shape index (κ1) is 12.5. The Hall–Kier alpha value is -1.57. The number of nitrogens with one attached hydrogen (secondary N) is 1. The average Bonchev–Trinajstić information content (AvgIpc) is 2.33. The Bertz CT molecular complexity index is 330. The van der Waals surface area contributed by atoms with Crippen molar-refractivity contribution in [3.05, 3.63) is 29.8 Å². The highest BCUT2D eigenvalue weighted by Gasteiger charge is 1.95. The topological polar surface area (TPSA) is 54.3 Å². The molecule has 0 aromatic heterocycles. The van der Waals surface area contributed by atoms with Crippen LogP contribution in [0.15, 0.2) is 24.3 Å². The maximum atomic E-state index is 8.35. The number of benzene rings is 1. The summed E-state index contributed by atoms with van der Waals surface area (Å²) in [5.41, 5.74) is 1.18. The molecule has 1 aromatic carbocycles. The maximum absolute atomic E-state index is 8.35. The molecule has 0 unspecified atom stereocenters. The van der Waals surface area contributed by atoms with Gasteiger partial charge in [-0.25, -0.2) is 0 Å². The van der Waals surface area contributed by atoms with E-state index in [0.29, 0.717) is 6.61 Å². The van der Waals surface area contributed by atoms with Gasteiger partial charge in [-0.05, 0) is 17.7 Å². The molecular weight excluding hydrogens is 204 g/mol. The smallest absolute Gasteiger partial charge is 0.174 e. The van der Waals surface area contributed by atoms with E-state index in [9.17, 15) is 0 Å². The van der Waals surface area contributed by atoms with Crippen molar-refractivity contribution < 1.29 is 9.47 Å². The number of nitrogens with zero attached hydrogens (tertiary/aromatic N) is 1. The van der Waals surface area contributed by atoms with Gasteiger partial charge in [0.25, 0.3) is 0 Å². The number of nitriles is 1. The molecule has 4 heteroatoms. The first-order valence-electron chi connectivity index (χ1n) is 5.15. The summed E-state index contributed by atoms with van der Waals surface area (Å²) in [6.07, 6.45) is 0. The second-order valence-electron chi connectivity index (χ2n) is 3.26. The van der Waals surface area contributed by atoms with Crippen LogP contribution in [-0.4, -0.2) is 26.9 Å². The van der Waals surface area contributed by atoms with Crippen LogP contribution in [-0.2, 0) is 11.3 Å². The van der Waals surface area contributed by atoms with Gasteiger partial charge in [-0.3, -0.25) is 0 Å². The SMILES string of the molecule is COCCNCc1ccc(OCC#N)cc1. The van der Waals surface area contributed by atoms with Gasteiger partial charge in [-0.15, -0.1) is 0 Å². The molecule has 0 amide bonds. The van der Waals surface area contributed by atoms with Gasteiger partial charge in [0.05, 0.1) is 6.61 Å². The minimum Gasteiger partial charge on any atom is -0.479 e. The molecule has 0 spiro atoms. The van der Waals surface area contributed by atoms with E-state index in [2.05, 4.69) is 5.32 Å². The summed E-state index contributed by atoms with van der Waals surface area (Å²) in [4.78, 5) is 0. The quantitative estimate of drug-likeness (QED) is 0.704. The molecule has 1 rings (SSSR count). The second-order valence-corrected chi connectivity index (χ2v) is 3.26. The summed E-state index contributed by atoms with van der Waals surface area (Å²) in [6, 6.07) is 9.62. The van der Waals surface area contributed by atoms with E-state index >= 15 is 0 Å². The van der Waals surface area contributed by atoms with Crippen molar-refractivity contribution in [2.24, 2.45) is 0 Å². The minimum atomic E-state index is 0.0887. The molecule has 1 N–H and O–H groups in total. The highest BCUT2D eigenvalue weighted by Crippen LogP contribution is 2.11. The van der Waals surface area contributed by atoms with E-state index < -0.39 is 0 Å². The minimum absolute atomic E-state index is 0.0887. The predicted molar refractivity (Wildman–Crippen MR) is 61.1 cm³/mol. The Balaban J connectivity index is 2.31. The largest absolute Gasteiger partial charge is 0.479 e. The molecule has 0 atom stereocenters. The fourth-order valence-electron chi connectivity index (χ4n) is 1.23. The summed E-state index contributed by atoms with van der Waals surface area (Å²) in [5.74, 6) is 0.724. The van der Waals surface area contributed by atoms with E-state index in [1.54, 1.807) is 7.11 Å². The summed E-state index contributed by atoms with van der Waals surface area (Å²) in [7, 11) is 1.68. The monoisotopic (exact) mass is 220 g/mol. The normalized spacial score (nSPS) is 9.75. The molecule has 0 radical (unpaired) electrons. The van der Waals surface area contributed by atoms with Crippen LogP contribution < -0.4 is 10.1 Å². The van der Waals surface area contributed by atoms with Gasteiger partial charge in [0.1, 0.15) is 11.8 Å². The van der Waals surface area contributed by atoms with E-state index in [1.165, 1.54) is 5.56 Å². The summed E-state index contributed by atoms with van der Waals surface area (Å²) in [5, 5.41) is 11.6. The first-order valence-corrected chi connectivity index (χ1v) is 5.15. The van der Waals surface area contributed by atoms with Gasteiger partial charge in [0.2, 0.25) is 0 Å². The molecular formula is C12H16N2O2. The Morgan fingerprint density at radius 3 is 2.69 bits per heavy atom. The number of rotatable bonds is 7. The fraction of sp³-hybridized carbons (Fsp3) is 0.417. The van der Waals surface area contributed by atoms with Crippen molar-refractivity contribution in [1.82, 2.24) is 5.32 Å². The molecule has 0 saturated carbocycles. The van der Waals surface area contributed by atoms with E-state index in [4.69, 9.17) is 14.7 Å². The van der Waals surface area contributed by atoms with Gasteiger partial charge in [-0.2, -0.15) is 5.26 Å². The Morgan fingerprint density at radius 1 is 1.31 bits per heavy atom. The van der Waals surface area contributed by atoms with Crippen LogP contribution >= 0.6 is 0 Å². The summed E-state index contributed by atoms with van der Waals surface area (Å²) >= 11 is 0. The average molecular weight is 220 g/mol. The first-order chi connectivity index (χ1) is 7.86. The maximum Gasteiger partial charge on any atom is 0.174 e. The van der Waals surface area contributed by atoms with Gasteiger partial charge in [-0.1, -0.05) is 12.1 Å². The van der Waals surface area contributed by atoms with E-state index in [0.717, 1.165) is 18.8 Å². The Labute approximate surface area is 95.8 Å². The van der Waals surface area contributed by atoms with Crippen molar-refractivity contribution in [1.29, 1.82) is 5.26 Å². The lowest BCUT2D eigenvalue weighted by Crippen LogP contribution is -2.18. The molecule has 86 valence electrons. The van der Waals surface area contributed by atoms with Crippen LogP contribution in [0.25, 0.3) is 0 Å². The molecule has 0 bridgehead atoms. The highest BCUT2D eigenvalue weighted by molar-refractivity contribution is 5.27. The van der Waals surface area contributed by atoms with Crippen molar-refractivity contribution >= 4 is 0 Å².